The molecule has 1 fully saturated rings. The molecule has 0 unspecified atom stereocenters. The maximum Gasteiger partial charge on any atom is 0.404 e. The van der Waals surface area contributed by atoms with Crippen LogP contribution in [0.4, 0.5) is 4.79 Å². The first kappa shape index (κ1) is 12.4. The highest BCUT2D eigenvalue weighted by atomic mass is 79.9. The molecule has 92 valence electrons. The van der Waals surface area contributed by atoms with Gasteiger partial charge >= 0.3 is 6.09 Å². The van der Waals surface area contributed by atoms with E-state index in [0.29, 0.717) is 18.4 Å². The van der Waals surface area contributed by atoms with Gasteiger partial charge in [-0.1, -0.05) is 28.1 Å². The minimum absolute atomic E-state index is 0.455. The highest BCUT2D eigenvalue weighted by Gasteiger charge is 2.26. The van der Waals surface area contributed by atoms with Gasteiger partial charge < -0.3 is 10.5 Å². The third-order valence-electron chi connectivity index (χ3n) is 3.34. The predicted molar refractivity (Wildman–Crippen MR) is 69.8 cm³/mol. The van der Waals surface area contributed by atoms with Crippen molar-refractivity contribution in [2.24, 2.45) is 11.7 Å². The van der Waals surface area contributed by atoms with Crippen LogP contribution in [-0.4, -0.2) is 12.7 Å². The molecule has 0 bridgehead atoms. The molecule has 4 heteroatoms. The molecule has 0 saturated heterocycles. The zero-order valence-corrected chi connectivity index (χ0v) is 11.2. The molecule has 3 nitrogen and oxygen atoms in total. The zero-order chi connectivity index (χ0) is 12.3. The van der Waals surface area contributed by atoms with Crippen LogP contribution in [0.3, 0.4) is 0 Å². The van der Waals surface area contributed by atoms with Crippen LogP contribution in [-0.2, 0) is 4.74 Å². The van der Waals surface area contributed by atoms with Crippen molar-refractivity contribution in [1.82, 2.24) is 0 Å². The van der Waals surface area contributed by atoms with Gasteiger partial charge in [0, 0.05) is 4.47 Å². The Morgan fingerprint density at radius 3 is 2.71 bits per heavy atom. The number of benzene rings is 1. The second-order valence-electron chi connectivity index (χ2n) is 4.56. The fraction of sp³-hybridized carbons (Fsp3) is 0.462. The Kier molecular flexibility index (Phi) is 4.05. The lowest BCUT2D eigenvalue weighted by atomic mass is 9.97. The van der Waals surface area contributed by atoms with E-state index in [2.05, 4.69) is 40.2 Å². The molecule has 0 spiro atoms. The average molecular weight is 298 g/mol. The molecule has 1 amide bonds. The number of carbonyl (C=O) groups excluding carboxylic acids is 1. The Hall–Kier alpha value is -1.03. The molecule has 2 N–H and O–H groups in total. The number of rotatable bonds is 3. The summed E-state index contributed by atoms with van der Waals surface area (Å²) in [5.74, 6) is 1.04. The second kappa shape index (κ2) is 5.54. The third kappa shape index (κ3) is 3.46. The van der Waals surface area contributed by atoms with Crippen LogP contribution in [0.15, 0.2) is 28.7 Å². The van der Waals surface area contributed by atoms with Gasteiger partial charge in [-0.2, -0.15) is 0 Å². The molecule has 1 aliphatic rings. The molecule has 17 heavy (non-hydrogen) atoms. The molecule has 1 aliphatic carbocycles. The Morgan fingerprint density at radius 1 is 1.35 bits per heavy atom. The van der Waals surface area contributed by atoms with Crippen LogP contribution < -0.4 is 5.73 Å². The first-order valence-electron chi connectivity index (χ1n) is 5.83. The molecular formula is C13H16BrNO2. The summed E-state index contributed by atoms with van der Waals surface area (Å²) in [5, 5.41) is 0. The van der Waals surface area contributed by atoms with E-state index in [-0.39, 0.29) is 0 Å². The lowest BCUT2D eigenvalue weighted by molar-refractivity contribution is 0.137. The minimum atomic E-state index is -0.669. The van der Waals surface area contributed by atoms with E-state index in [9.17, 15) is 4.79 Å². The number of nitrogens with two attached hydrogens (primary N) is 1. The van der Waals surface area contributed by atoms with Gasteiger partial charge in [-0.3, -0.25) is 0 Å². The molecule has 0 heterocycles. The first-order chi connectivity index (χ1) is 8.15. The van der Waals surface area contributed by atoms with Crippen LogP contribution in [0.1, 0.15) is 30.7 Å². The molecular weight excluding hydrogens is 282 g/mol. The van der Waals surface area contributed by atoms with E-state index in [1.165, 1.54) is 5.56 Å². The number of primary amides is 1. The fourth-order valence-electron chi connectivity index (χ4n) is 2.46. The summed E-state index contributed by atoms with van der Waals surface area (Å²) in [4.78, 5) is 10.5. The van der Waals surface area contributed by atoms with Crippen LogP contribution in [0.25, 0.3) is 0 Å². The lowest BCUT2D eigenvalue weighted by Crippen LogP contribution is -2.17. The third-order valence-corrected chi connectivity index (χ3v) is 3.87. The second-order valence-corrected chi connectivity index (χ2v) is 5.47. The summed E-state index contributed by atoms with van der Waals surface area (Å²) in [6.07, 6.45) is 2.68. The monoisotopic (exact) mass is 297 g/mol. The highest BCUT2D eigenvalue weighted by Crippen LogP contribution is 2.38. The van der Waals surface area contributed by atoms with Gasteiger partial charge in [-0.15, -0.1) is 0 Å². The fourth-order valence-corrected chi connectivity index (χ4v) is 2.73. The van der Waals surface area contributed by atoms with Gasteiger partial charge in [-0.05, 0) is 48.8 Å². The Bertz CT molecular complexity index is 391. The Balaban J connectivity index is 1.89. The first-order valence-corrected chi connectivity index (χ1v) is 6.62. The van der Waals surface area contributed by atoms with Crippen LogP contribution in [0.2, 0.25) is 0 Å². The topological polar surface area (TPSA) is 52.3 Å². The zero-order valence-electron chi connectivity index (χ0n) is 9.56. The van der Waals surface area contributed by atoms with E-state index < -0.39 is 6.09 Å². The number of halogens is 1. The quantitative estimate of drug-likeness (QED) is 0.929. The standard InChI is InChI=1S/C13H16BrNO2/c14-12-5-3-10(4-6-12)11-2-1-9(7-11)8-17-13(15)16/h3-6,9,11H,1-2,7-8H2,(H2,15,16)/t9-,11+/m0/s1. The van der Waals surface area contributed by atoms with Crippen molar-refractivity contribution < 1.29 is 9.53 Å². The van der Waals surface area contributed by atoms with Crippen molar-refractivity contribution in [1.29, 1.82) is 0 Å². The molecule has 1 saturated carbocycles. The maximum atomic E-state index is 10.5. The van der Waals surface area contributed by atoms with Crippen molar-refractivity contribution in [2.45, 2.75) is 25.2 Å². The normalized spacial score (nSPS) is 23.6. The molecule has 2 atom stereocenters. The van der Waals surface area contributed by atoms with E-state index >= 15 is 0 Å². The van der Waals surface area contributed by atoms with Gasteiger partial charge in [0.05, 0.1) is 6.61 Å². The van der Waals surface area contributed by atoms with Crippen LogP contribution in [0, 0.1) is 5.92 Å². The number of ether oxygens (including phenoxy) is 1. The van der Waals surface area contributed by atoms with Gasteiger partial charge in [-0.25, -0.2) is 4.79 Å². The molecule has 0 radical (unpaired) electrons. The summed E-state index contributed by atoms with van der Waals surface area (Å²) in [5.41, 5.74) is 6.34. The van der Waals surface area contributed by atoms with E-state index in [1.54, 1.807) is 0 Å². The molecule has 2 rings (SSSR count). The largest absolute Gasteiger partial charge is 0.449 e. The van der Waals surface area contributed by atoms with Crippen molar-refractivity contribution in [2.75, 3.05) is 6.61 Å². The minimum Gasteiger partial charge on any atom is -0.449 e. The summed E-state index contributed by atoms with van der Waals surface area (Å²) in [7, 11) is 0. The number of carbonyl (C=O) groups is 1. The van der Waals surface area contributed by atoms with E-state index in [1.807, 2.05) is 0 Å². The molecule has 1 aromatic rings. The van der Waals surface area contributed by atoms with Gasteiger partial charge in [0.25, 0.3) is 0 Å². The van der Waals surface area contributed by atoms with Gasteiger partial charge in [0.1, 0.15) is 0 Å². The van der Waals surface area contributed by atoms with Gasteiger partial charge in [0.15, 0.2) is 0 Å². The van der Waals surface area contributed by atoms with Crippen molar-refractivity contribution >= 4 is 22.0 Å². The summed E-state index contributed by atoms with van der Waals surface area (Å²) in [6, 6.07) is 8.46. The van der Waals surface area contributed by atoms with Crippen LogP contribution in [0.5, 0.6) is 0 Å². The molecule has 0 aromatic heterocycles. The summed E-state index contributed by atoms with van der Waals surface area (Å²) >= 11 is 3.44. The van der Waals surface area contributed by atoms with E-state index in [4.69, 9.17) is 10.5 Å². The molecule has 0 aliphatic heterocycles. The predicted octanol–water partition coefficient (Wildman–Crippen LogP) is 3.43. The van der Waals surface area contributed by atoms with Crippen LogP contribution >= 0.6 is 15.9 Å². The number of amides is 1. The van der Waals surface area contributed by atoms with E-state index in [0.717, 1.165) is 23.7 Å². The molecule has 1 aromatic carbocycles. The number of hydrogen-bond donors (Lipinski definition) is 1. The highest BCUT2D eigenvalue weighted by molar-refractivity contribution is 9.10. The van der Waals surface area contributed by atoms with Crippen molar-refractivity contribution in [3.8, 4) is 0 Å². The van der Waals surface area contributed by atoms with Gasteiger partial charge in [0.2, 0.25) is 0 Å². The lowest BCUT2D eigenvalue weighted by Gasteiger charge is -2.11. The SMILES string of the molecule is NC(=O)OC[C@H]1CC[C@@H](c2ccc(Br)cc2)C1. The maximum absolute atomic E-state index is 10.5. The average Bonchev–Trinajstić information content (AvgIpc) is 2.76. The Labute approximate surface area is 109 Å². The summed E-state index contributed by atoms with van der Waals surface area (Å²) < 4.78 is 5.96. The Morgan fingerprint density at radius 2 is 2.06 bits per heavy atom. The van der Waals surface area contributed by atoms with Crippen molar-refractivity contribution in [3.05, 3.63) is 34.3 Å². The van der Waals surface area contributed by atoms with Crippen molar-refractivity contribution in [3.63, 3.8) is 0 Å². The smallest absolute Gasteiger partial charge is 0.404 e. The number of hydrogen-bond acceptors (Lipinski definition) is 2. The summed E-state index contributed by atoms with van der Waals surface area (Å²) in [6.45, 7) is 0.461.